The van der Waals surface area contributed by atoms with E-state index in [0.717, 1.165) is 0 Å². The number of halogens is 2. The van der Waals surface area contributed by atoms with Gasteiger partial charge in [0.25, 0.3) is 5.91 Å². The minimum atomic E-state index is -0.707. The van der Waals surface area contributed by atoms with Crippen LogP contribution in [0.4, 0.5) is 25.0 Å². The zero-order chi connectivity index (χ0) is 22.8. The van der Waals surface area contributed by atoms with Gasteiger partial charge in [-0.15, -0.1) is 0 Å². The number of carbonyl (C=O) groups is 2. The molecule has 4 aromatic rings. The van der Waals surface area contributed by atoms with Gasteiger partial charge in [0.05, 0.1) is 19.0 Å². The van der Waals surface area contributed by atoms with Gasteiger partial charge in [-0.2, -0.15) is 0 Å². The molecule has 0 bridgehead atoms. The Morgan fingerprint density at radius 2 is 1.66 bits per heavy atom. The first-order chi connectivity index (χ1) is 15.4. The van der Waals surface area contributed by atoms with Crippen molar-refractivity contribution in [3.63, 3.8) is 0 Å². The second-order valence-corrected chi connectivity index (χ2v) is 6.79. The predicted molar refractivity (Wildman–Crippen MR) is 114 cm³/mol. The summed E-state index contributed by atoms with van der Waals surface area (Å²) in [5, 5.41) is 2.49. The molecule has 162 valence electrons. The molecule has 2 aromatic carbocycles. The average Bonchev–Trinajstić information content (AvgIpc) is 3.17. The molecule has 0 spiro atoms. The number of rotatable bonds is 4. The molecule has 0 aliphatic heterocycles. The van der Waals surface area contributed by atoms with Gasteiger partial charge in [0, 0.05) is 24.5 Å². The maximum atomic E-state index is 13.5. The lowest BCUT2D eigenvalue weighted by molar-refractivity contribution is 0.0988. The molecular weight excluding hydrogens is 420 g/mol. The van der Waals surface area contributed by atoms with Gasteiger partial charge >= 0.3 is 6.09 Å². The summed E-state index contributed by atoms with van der Waals surface area (Å²) in [6.07, 6.45) is 2.14. The highest BCUT2D eigenvalue weighted by molar-refractivity contribution is 6.09. The second kappa shape index (κ2) is 8.42. The number of fused-ring (bicyclic) bond motifs is 1. The van der Waals surface area contributed by atoms with Crippen LogP contribution in [0.25, 0.3) is 17.0 Å². The number of carbonyl (C=O) groups excluding carboxylic acids is 2. The third-order valence-electron chi connectivity index (χ3n) is 4.75. The Morgan fingerprint density at radius 3 is 2.28 bits per heavy atom. The Labute approximate surface area is 181 Å². The molecule has 0 aliphatic rings. The lowest BCUT2D eigenvalue weighted by Gasteiger charge is -2.18. The maximum Gasteiger partial charge on any atom is 0.411 e. The summed E-state index contributed by atoms with van der Waals surface area (Å²) in [6, 6.07) is 10.9. The summed E-state index contributed by atoms with van der Waals surface area (Å²) in [4.78, 5) is 35.1. The fraction of sp³-hybridized carbons (Fsp3) is 0.0909. The van der Waals surface area contributed by atoms with E-state index in [0.29, 0.717) is 11.3 Å². The van der Waals surface area contributed by atoms with Crippen LogP contribution < -0.4 is 10.2 Å². The van der Waals surface area contributed by atoms with E-state index in [1.54, 1.807) is 0 Å². The Hall–Kier alpha value is -4.34. The maximum absolute atomic E-state index is 13.5. The molecule has 0 unspecified atom stereocenters. The van der Waals surface area contributed by atoms with E-state index in [-0.39, 0.29) is 22.9 Å². The molecule has 0 aliphatic carbocycles. The minimum Gasteiger partial charge on any atom is -0.453 e. The zero-order valence-corrected chi connectivity index (χ0v) is 17.0. The lowest BCUT2D eigenvalue weighted by Crippen LogP contribution is -2.28. The molecule has 8 nitrogen and oxygen atoms in total. The first-order valence-corrected chi connectivity index (χ1v) is 9.40. The van der Waals surface area contributed by atoms with E-state index in [2.05, 4.69) is 20.0 Å². The molecule has 0 atom stereocenters. The average molecular weight is 437 g/mol. The topological polar surface area (TPSA) is 88.8 Å². The number of benzene rings is 2. The standard InChI is InChI=1S/C22H17F2N5O3/c1-28(17-9-7-15(24)8-10-17)20(30)19-18(13-3-5-14(23)6-4-13)27-21-25-11-16(12-29(19)21)26-22(31)32-2/h3-12H,1-2H3,(H,26,31). The van der Waals surface area contributed by atoms with E-state index in [4.69, 9.17) is 0 Å². The molecule has 0 saturated carbocycles. The van der Waals surface area contributed by atoms with Crippen LogP contribution in [-0.2, 0) is 4.74 Å². The monoisotopic (exact) mass is 437 g/mol. The number of anilines is 2. The lowest BCUT2D eigenvalue weighted by atomic mass is 10.1. The molecule has 0 fully saturated rings. The highest BCUT2D eigenvalue weighted by Crippen LogP contribution is 2.27. The van der Waals surface area contributed by atoms with Crippen molar-refractivity contribution in [2.45, 2.75) is 0 Å². The number of hydrogen-bond donors (Lipinski definition) is 1. The highest BCUT2D eigenvalue weighted by atomic mass is 19.1. The summed E-state index contributed by atoms with van der Waals surface area (Å²) in [5.41, 5.74) is 1.61. The van der Waals surface area contributed by atoms with Crippen molar-refractivity contribution in [2.75, 3.05) is 24.4 Å². The van der Waals surface area contributed by atoms with Crippen molar-refractivity contribution < 1.29 is 23.1 Å². The Bertz CT molecular complexity index is 1300. The molecule has 32 heavy (non-hydrogen) atoms. The number of imidazole rings is 1. The van der Waals surface area contributed by atoms with E-state index in [9.17, 15) is 18.4 Å². The molecule has 4 rings (SSSR count). The van der Waals surface area contributed by atoms with Crippen molar-refractivity contribution in [3.8, 4) is 11.3 Å². The molecule has 0 radical (unpaired) electrons. The van der Waals surface area contributed by atoms with Crippen molar-refractivity contribution >= 4 is 29.2 Å². The quantitative estimate of drug-likeness (QED) is 0.519. The first-order valence-electron chi connectivity index (χ1n) is 9.40. The van der Waals surface area contributed by atoms with Gasteiger partial charge in [-0.25, -0.2) is 23.5 Å². The minimum absolute atomic E-state index is 0.124. The molecule has 0 saturated heterocycles. The van der Waals surface area contributed by atoms with Crippen LogP contribution in [0, 0.1) is 11.6 Å². The summed E-state index contributed by atoms with van der Waals surface area (Å²) < 4.78 is 32.8. The van der Waals surface area contributed by atoms with Gasteiger partial charge in [-0.3, -0.25) is 14.5 Å². The summed E-state index contributed by atoms with van der Waals surface area (Å²) in [6.45, 7) is 0. The van der Waals surface area contributed by atoms with E-state index in [1.165, 1.54) is 84.4 Å². The smallest absolute Gasteiger partial charge is 0.411 e. The SMILES string of the molecule is COC(=O)Nc1cnc2nc(-c3ccc(F)cc3)c(C(=O)N(C)c3ccc(F)cc3)n2c1. The zero-order valence-electron chi connectivity index (χ0n) is 17.0. The summed E-state index contributed by atoms with van der Waals surface area (Å²) in [7, 11) is 2.76. The first kappa shape index (κ1) is 20.9. The van der Waals surface area contributed by atoms with Crippen molar-refractivity contribution in [3.05, 3.63) is 78.3 Å². The van der Waals surface area contributed by atoms with Crippen LogP contribution in [-0.4, -0.2) is 40.5 Å². The number of hydrogen-bond acceptors (Lipinski definition) is 5. The van der Waals surface area contributed by atoms with E-state index in [1.807, 2.05) is 0 Å². The highest BCUT2D eigenvalue weighted by Gasteiger charge is 2.25. The number of ether oxygens (including phenoxy) is 1. The predicted octanol–water partition coefficient (Wildman–Crippen LogP) is 4.13. The van der Waals surface area contributed by atoms with Crippen LogP contribution in [0.3, 0.4) is 0 Å². The number of methoxy groups -OCH3 is 1. The largest absolute Gasteiger partial charge is 0.453 e. The fourth-order valence-corrected chi connectivity index (χ4v) is 3.12. The van der Waals surface area contributed by atoms with Crippen LogP contribution in [0.5, 0.6) is 0 Å². The van der Waals surface area contributed by atoms with Crippen molar-refractivity contribution in [1.29, 1.82) is 0 Å². The second-order valence-electron chi connectivity index (χ2n) is 6.79. The van der Waals surface area contributed by atoms with E-state index >= 15 is 0 Å². The number of aromatic nitrogens is 3. The van der Waals surface area contributed by atoms with Crippen LogP contribution in [0.2, 0.25) is 0 Å². The molecule has 1 N–H and O–H groups in total. The Kier molecular flexibility index (Phi) is 5.50. The Balaban J connectivity index is 1.87. The summed E-state index contributed by atoms with van der Waals surface area (Å²) >= 11 is 0. The number of amides is 2. The van der Waals surface area contributed by atoms with Crippen molar-refractivity contribution in [1.82, 2.24) is 14.4 Å². The van der Waals surface area contributed by atoms with Gasteiger partial charge in [0.2, 0.25) is 5.78 Å². The van der Waals surface area contributed by atoms with Gasteiger partial charge in [0.15, 0.2) is 0 Å². The molecule has 2 aromatic heterocycles. The van der Waals surface area contributed by atoms with E-state index < -0.39 is 23.6 Å². The van der Waals surface area contributed by atoms with Crippen LogP contribution >= 0.6 is 0 Å². The number of nitrogens with zero attached hydrogens (tertiary/aromatic N) is 4. The van der Waals surface area contributed by atoms with Crippen LogP contribution in [0.15, 0.2) is 60.9 Å². The van der Waals surface area contributed by atoms with Gasteiger partial charge in [-0.1, -0.05) is 0 Å². The molecule has 2 amide bonds. The molecular formula is C22H17F2N5O3. The van der Waals surface area contributed by atoms with Gasteiger partial charge in [-0.05, 0) is 48.5 Å². The number of nitrogens with one attached hydrogen (secondary N) is 1. The molecule has 10 heteroatoms. The fourth-order valence-electron chi connectivity index (χ4n) is 3.12. The Morgan fingerprint density at radius 1 is 1.03 bits per heavy atom. The van der Waals surface area contributed by atoms with Crippen LogP contribution in [0.1, 0.15) is 10.5 Å². The normalized spacial score (nSPS) is 10.8. The van der Waals surface area contributed by atoms with Crippen molar-refractivity contribution in [2.24, 2.45) is 0 Å². The third kappa shape index (κ3) is 3.97. The molecule has 2 heterocycles. The summed E-state index contributed by atoms with van der Waals surface area (Å²) in [5.74, 6) is -1.15. The van der Waals surface area contributed by atoms with Gasteiger partial charge < -0.3 is 9.64 Å². The third-order valence-corrected chi connectivity index (χ3v) is 4.75. The van der Waals surface area contributed by atoms with Gasteiger partial charge in [0.1, 0.15) is 23.0 Å².